The first-order valence-electron chi connectivity index (χ1n) is 12.9. The van der Waals surface area contributed by atoms with Crippen molar-refractivity contribution in [1.82, 2.24) is 4.90 Å². The van der Waals surface area contributed by atoms with Crippen molar-refractivity contribution >= 4 is 23.2 Å². The highest BCUT2D eigenvalue weighted by molar-refractivity contribution is 6.00. The third-order valence-electron chi connectivity index (χ3n) is 7.68. The zero-order valence-corrected chi connectivity index (χ0v) is 21.2. The van der Waals surface area contributed by atoms with E-state index in [2.05, 4.69) is 48.2 Å². The molecule has 4 heteroatoms. The fourth-order valence-corrected chi connectivity index (χ4v) is 5.82. The van der Waals surface area contributed by atoms with Crippen molar-refractivity contribution in [3.63, 3.8) is 0 Å². The molecule has 3 aromatic rings. The van der Waals surface area contributed by atoms with Crippen LogP contribution in [0.1, 0.15) is 68.4 Å². The molecule has 34 heavy (non-hydrogen) atoms. The minimum atomic E-state index is 0. The summed E-state index contributed by atoms with van der Waals surface area (Å²) < 4.78 is 6.26. The van der Waals surface area contributed by atoms with Gasteiger partial charge in [0.2, 0.25) is 0 Å². The van der Waals surface area contributed by atoms with Crippen LogP contribution in [0.5, 0.6) is 11.5 Å². The molecule has 1 saturated carbocycles. The number of halogens is 1. The number of fused-ring (bicyclic) bond motifs is 1. The molecule has 182 valence electrons. The minimum Gasteiger partial charge on any atom is -0.508 e. The van der Waals surface area contributed by atoms with E-state index in [1.54, 1.807) is 0 Å². The molecule has 0 bridgehead atoms. The monoisotopic (exact) mass is 479 g/mol. The molecule has 0 radical (unpaired) electrons. The van der Waals surface area contributed by atoms with Crippen LogP contribution in [-0.4, -0.2) is 36.2 Å². The van der Waals surface area contributed by atoms with E-state index >= 15 is 0 Å². The summed E-state index contributed by atoms with van der Waals surface area (Å²) >= 11 is 0. The van der Waals surface area contributed by atoms with Crippen molar-refractivity contribution in [3.8, 4) is 22.6 Å². The van der Waals surface area contributed by atoms with E-state index in [0.717, 1.165) is 24.3 Å². The first-order chi connectivity index (χ1) is 16.2. The topological polar surface area (TPSA) is 32.7 Å². The first-order valence-corrected chi connectivity index (χ1v) is 12.9. The van der Waals surface area contributed by atoms with Gasteiger partial charge >= 0.3 is 0 Å². The van der Waals surface area contributed by atoms with Gasteiger partial charge < -0.3 is 9.84 Å². The van der Waals surface area contributed by atoms with Gasteiger partial charge in [0.1, 0.15) is 18.1 Å². The molecule has 0 atom stereocenters. The number of phenolic OH excluding ortho intramolecular Hbond substituents is 1. The minimum absolute atomic E-state index is 0. The van der Waals surface area contributed by atoms with Crippen molar-refractivity contribution in [1.29, 1.82) is 0 Å². The fraction of sp³-hybridized carbons (Fsp3) is 0.467. The molecule has 0 amide bonds. The van der Waals surface area contributed by atoms with E-state index in [-0.39, 0.29) is 12.4 Å². The average molecular weight is 480 g/mol. The maximum atomic E-state index is 10.1. The molecule has 0 aromatic heterocycles. The van der Waals surface area contributed by atoms with Crippen molar-refractivity contribution in [3.05, 3.63) is 59.7 Å². The van der Waals surface area contributed by atoms with E-state index in [1.807, 2.05) is 12.1 Å². The number of phenols is 1. The molecule has 2 fully saturated rings. The molecule has 3 aromatic carbocycles. The number of benzene rings is 3. The lowest BCUT2D eigenvalue weighted by atomic mass is 9.78. The molecular formula is C30H38ClNO2. The second-order valence-electron chi connectivity index (χ2n) is 10.00. The van der Waals surface area contributed by atoms with E-state index < -0.39 is 0 Å². The Kier molecular flexibility index (Phi) is 8.39. The van der Waals surface area contributed by atoms with Gasteiger partial charge in [-0.2, -0.15) is 0 Å². The van der Waals surface area contributed by atoms with Crippen LogP contribution in [0.2, 0.25) is 0 Å². The molecule has 1 aliphatic heterocycles. The molecule has 5 rings (SSSR count). The molecular weight excluding hydrogens is 442 g/mol. The summed E-state index contributed by atoms with van der Waals surface area (Å²) in [6.45, 7) is 6.36. The van der Waals surface area contributed by atoms with Gasteiger partial charge in [-0.3, -0.25) is 4.90 Å². The van der Waals surface area contributed by atoms with E-state index in [0.29, 0.717) is 11.7 Å². The number of ether oxygens (including phenoxy) is 1. The molecule has 2 aliphatic rings. The van der Waals surface area contributed by atoms with Crippen LogP contribution in [0.3, 0.4) is 0 Å². The summed E-state index contributed by atoms with van der Waals surface area (Å²) in [5, 5.41) is 12.4. The summed E-state index contributed by atoms with van der Waals surface area (Å²) in [6.07, 6.45) is 10.5. The van der Waals surface area contributed by atoms with Crippen LogP contribution < -0.4 is 4.74 Å². The molecule has 1 aliphatic carbocycles. The fourth-order valence-electron chi connectivity index (χ4n) is 5.82. The maximum absolute atomic E-state index is 10.1. The number of nitrogens with zero attached hydrogens (tertiary/aromatic N) is 1. The number of hydrogen-bond donors (Lipinski definition) is 1. The average Bonchev–Trinajstić information content (AvgIpc) is 2.85. The lowest BCUT2D eigenvalue weighted by Crippen LogP contribution is -2.33. The Hall–Kier alpha value is -2.23. The number of likely N-dealkylation sites (tertiary alicyclic amines) is 1. The predicted octanol–water partition coefficient (Wildman–Crippen LogP) is 7.86. The van der Waals surface area contributed by atoms with Crippen LogP contribution in [0.4, 0.5) is 0 Å². The Morgan fingerprint density at radius 3 is 2.44 bits per heavy atom. The zero-order valence-electron chi connectivity index (χ0n) is 20.4. The molecule has 0 unspecified atom stereocenters. The Labute approximate surface area is 210 Å². The first kappa shape index (κ1) is 24.9. The largest absolute Gasteiger partial charge is 0.508 e. The number of rotatable bonds is 6. The van der Waals surface area contributed by atoms with Crippen LogP contribution in [0.15, 0.2) is 48.5 Å². The van der Waals surface area contributed by atoms with Crippen molar-refractivity contribution in [2.45, 2.75) is 64.2 Å². The number of aromatic hydroxyl groups is 1. The predicted molar refractivity (Wildman–Crippen MR) is 145 cm³/mol. The summed E-state index contributed by atoms with van der Waals surface area (Å²) in [6, 6.07) is 16.9. The zero-order chi connectivity index (χ0) is 22.6. The normalized spacial score (nSPS) is 17.4. The Bertz CT molecular complexity index is 1100. The summed E-state index contributed by atoms with van der Waals surface area (Å²) in [5.74, 6) is 1.89. The standard InChI is InChI=1S/C30H37NO2.ClH/c1-22-10-13-26(33-19-18-31-16-6-3-7-17-31)21-29(22)30-27(23-8-4-2-5-9-23)14-11-24-20-25(32)12-15-28(24)30;/h10-15,20-21,23,32H,2-9,16-19H2,1H3;1H. The highest BCUT2D eigenvalue weighted by Gasteiger charge is 2.22. The van der Waals surface area contributed by atoms with Crippen molar-refractivity contribution in [2.75, 3.05) is 26.2 Å². The third-order valence-corrected chi connectivity index (χ3v) is 7.68. The van der Waals surface area contributed by atoms with Gasteiger partial charge in [0.05, 0.1) is 0 Å². The van der Waals surface area contributed by atoms with Gasteiger partial charge in [-0.1, -0.05) is 49.9 Å². The molecule has 1 heterocycles. The smallest absolute Gasteiger partial charge is 0.120 e. The number of aryl methyl sites for hydroxylation is 1. The Morgan fingerprint density at radius 2 is 1.65 bits per heavy atom. The Balaban J connectivity index is 0.00000274. The van der Waals surface area contributed by atoms with E-state index in [4.69, 9.17) is 4.74 Å². The van der Waals surface area contributed by atoms with Gasteiger partial charge in [0.25, 0.3) is 0 Å². The van der Waals surface area contributed by atoms with Crippen LogP contribution in [0.25, 0.3) is 21.9 Å². The highest BCUT2D eigenvalue weighted by atomic mass is 35.5. The second kappa shape index (κ2) is 11.5. The maximum Gasteiger partial charge on any atom is 0.120 e. The molecule has 1 saturated heterocycles. The summed E-state index contributed by atoms with van der Waals surface area (Å²) in [7, 11) is 0. The lowest BCUT2D eigenvalue weighted by molar-refractivity contribution is 0.183. The van der Waals surface area contributed by atoms with E-state index in [1.165, 1.54) is 92.1 Å². The number of piperidine rings is 1. The quantitative estimate of drug-likeness (QED) is 0.390. The third kappa shape index (κ3) is 5.53. The molecule has 0 spiro atoms. The van der Waals surface area contributed by atoms with Crippen molar-refractivity contribution < 1.29 is 9.84 Å². The van der Waals surface area contributed by atoms with Gasteiger partial charge in [-0.15, -0.1) is 12.4 Å². The lowest BCUT2D eigenvalue weighted by Gasteiger charge is -2.27. The number of hydrogen-bond acceptors (Lipinski definition) is 3. The highest BCUT2D eigenvalue weighted by Crippen LogP contribution is 2.43. The second-order valence-corrected chi connectivity index (χ2v) is 10.00. The summed E-state index contributed by atoms with van der Waals surface area (Å²) in [5.41, 5.74) is 5.33. The summed E-state index contributed by atoms with van der Waals surface area (Å²) in [4.78, 5) is 2.52. The van der Waals surface area contributed by atoms with Crippen LogP contribution in [0, 0.1) is 6.92 Å². The van der Waals surface area contributed by atoms with Gasteiger partial charge in [-0.05, 0) is 109 Å². The molecule has 1 N–H and O–H groups in total. The Morgan fingerprint density at radius 1 is 0.882 bits per heavy atom. The van der Waals surface area contributed by atoms with Gasteiger partial charge in [0, 0.05) is 6.54 Å². The van der Waals surface area contributed by atoms with Gasteiger partial charge in [-0.25, -0.2) is 0 Å². The SMILES string of the molecule is Cc1ccc(OCCN2CCCCC2)cc1-c1c(C2CCCCC2)ccc2cc(O)ccc12.Cl. The van der Waals surface area contributed by atoms with Crippen molar-refractivity contribution in [2.24, 2.45) is 0 Å². The molecule has 3 nitrogen and oxygen atoms in total. The van der Waals surface area contributed by atoms with Crippen LogP contribution in [-0.2, 0) is 0 Å². The van der Waals surface area contributed by atoms with Crippen LogP contribution >= 0.6 is 12.4 Å². The van der Waals surface area contributed by atoms with Gasteiger partial charge in [0.15, 0.2) is 0 Å². The van der Waals surface area contributed by atoms with E-state index in [9.17, 15) is 5.11 Å².